The molecule has 3 aromatic rings. The first-order valence-corrected chi connectivity index (χ1v) is 6.88. The monoisotopic (exact) mass is 268 g/mol. The van der Waals surface area contributed by atoms with Crippen LogP contribution in [0.5, 0.6) is 0 Å². The number of imidazole rings is 1. The summed E-state index contributed by atoms with van der Waals surface area (Å²) in [5, 5.41) is 4.43. The number of aryl methyl sites for hydroxylation is 2. The van der Waals surface area contributed by atoms with Gasteiger partial charge in [-0.15, -0.1) is 0 Å². The second-order valence-corrected chi connectivity index (χ2v) is 5.22. The van der Waals surface area contributed by atoms with Gasteiger partial charge in [0.1, 0.15) is 5.82 Å². The van der Waals surface area contributed by atoms with Gasteiger partial charge in [-0.3, -0.25) is 0 Å². The first-order chi connectivity index (χ1) is 9.63. The number of nitrogens with zero attached hydrogens (tertiary/aromatic N) is 2. The molecule has 0 saturated carbocycles. The van der Waals surface area contributed by atoms with Gasteiger partial charge in [-0.1, -0.05) is 18.2 Å². The number of H-pyrrole nitrogens is 1. The van der Waals surface area contributed by atoms with Gasteiger partial charge in [0.25, 0.3) is 0 Å². The lowest BCUT2D eigenvalue weighted by Crippen LogP contribution is -2.10. The molecular weight excluding hydrogens is 248 g/mol. The van der Waals surface area contributed by atoms with Crippen molar-refractivity contribution in [2.45, 2.75) is 20.4 Å². The van der Waals surface area contributed by atoms with Crippen LogP contribution in [-0.2, 0) is 13.6 Å². The number of para-hydroxylation sites is 1. The Kier molecular flexibility index (Phi) is 3.10. The van der Waals surface area contributed by atoms with Crippen molar-refractivity contribution in [1.82, 2.24) is 19.9 Å². The van der Waals surface area contributed by atoms with Crippen LogP contribution >= 0.6 is 0 Å². The maximum atomic E-state index is 4.69. The van der Waals surface area contributed by atoms with E-state index >= 15 is 0 Å². The highest BCUT2D eigenvalue weighted by atomic mass is 15.1. The van der Waals surface area contributed by atoms with Crippen LogP contribution < -0.4 is 5.32 Å². The van der Waals surface area contributed by atoms with Gasteiger partial charge >= 0.3 is 0 Å². The molecule has 0 unspecified atom stereocenters. The summed E-state index contributed by atoms with van der Waals surface area (Å²) in [7, 11) is 4.03. The van der Waals surface area contributed by atoms with E-state index in [0.717, 1.165) is 18.1 Å². The molecule has 4 heteroatoms. The summed E-state index contributed by atoms with van der Waals surface area (Å²) in [5.74, 6) is 1.06. The Balaban J connectivity index is 2.28. The molecule has 0 spiro atoms. The van der Waals surface area contributed by atoms with Gasteiger partial charge < -0.3 is 14.9 Å². The van der Waals surface area contributed by atoms with E-state index in [0.29, 0.717) is 0 Å². The second kappa shape index (κ2) is 4.80. The van der Waals surface area contributed by atoms with E-state index in [2.05, 4.69) is 60.0 Å². The fraction of sp³-hybridized carbons (Fsp3) is 0.312. The van der Waals surface area contributed by atoms with E-state index in [1.807, 2.05) is 7.05 Å². The van der Waals surface area contributed by atoms with Crippen LogP contribution in [0.4, 0.5) is 0 Å². The van der Waals surface area contributed by atoms with Gasteiger partial charge in [0, 0.05) is 29.2 Å². The lowest BCUT2D eigenvalue weighted by atomic mass is 10.1. The molecule has 1 aromatic carbocycles. The van der Waals surface area contributed by atoms with Crippen molar-refractivity contribution in [3.63, 3.8) is 0 Å². The van der Waals surface area contributed by atoms with Gasteiger partial charge in [-0.25, -0.2) is 4.98 Å². The van der Waals surface area contributed by atoms with E-state index in [1.165, 1.54) is 27.9 Å². The molecule has 0 amide bonds. The second-order valence-electron chi connectivity index (χ2n) is 5.22. The maximum Gasteiger partial charge on any atom is 0.123 e. The first-order valence-electron chi connectivity index (χ1n) is 6.88. The highest BCUT2D eigenvalue weighted by Gasteiger charge is 2.18. The zero-order chi connectivity index (χ0) is 14.3. The van der Waals surface area contributed by atoms with Gasteiger partial charge in [0.05, 0.1) is 17.9 Å². The molecule has 4 nitrogen and oxygen atoms in total. The van der Waals surface area contributed by atoms with Crippen LogP contribution in [0.2, 0.25) is 0 Å². The minimum atomic E-state index is 0.777. The number of fused-ring (bicyclic) bond motifs is 1. The molecule has 3 rings (SSSR count). The highest BCUT2D eigenvalue weighted by molar-refractivity contribution is 5.97. The van der Waals surface area contributed by atoms with Gasteiger partial charge in [-0.05, 0) is 27.0 Å². The van der Waals surface area contributed by atoms with E-state index in [-0.39, 0.29) is 0 Å². The number of nitrogens with one attached hydrogen (secondary N) is 2. The van der Waals surface area contributed by atoms with E-state index in [1.54, 1.807) is 0 Å². The quantitative estimate of drug-likeness (QED) is 0.767. The van der Waals surface area contributed by atoms with Crippen LogP contribution in [0.15, 0.2) is 24.3 Å². The zero-order valence-electron chi connectivity index (χ0n) is 12.4. The van der Waals surface area contributed by atoms with Crippen molar-refractivity contribution in [2.75, 3.05) is 7.05 Å². The minimum absolute atomic E-state index is 0.777. The van der Waals surface area contributed by atoms with Crippen molar-refractivity contribution in [3.05, 3.63) is 41.5 Å². The average molecular weight is 268 g/mol. The molecule has 0 aliphatic carbocycles. The smallest absolute Gasteiger partial charge is 0.123 e. The van der Waals surface area contributed by atoms with Gasteiger partial charge in [0.15, 0.2) is 0 Å². The van der Waals surface area contributed by atoms with Gasteiger partial charge in [-0.2, -0.15) is 0 Å². The lowest BCUT2D eigenvalue weighted by Gasteiger charge is -2.07. The SMILES string of the molecule is CNCc1nc(C)c(-c2c(C)[nH]c3ccccc23)n1C. The minimum Gasteiger partial charge on any atom is -0.358 e. The predicted octanol–water partition coefficient (Wildman–Crippen LogP) is 2.90. The van der Waals surface area contributed by atoms with Crippen LogP contribution in [0.1, 0.15) is 17.2 Å². The highest BCUT2D eigenvalue weighted by Crippen LogP contribution is 2.34. The molecule has 0 aliphatic rings. The summed E-state index contributed by atoms with van der Waals surface area (Å²) < 4.78 is 2.19. The number of aromatic amines is 1. The topological polar surface area (TPSA) is 45.6 Å². The van der Waals surface area contributed by atoms with Crippen molar-refractivity contribution < 1.29 is 0 Å². The van der Waals surface area contributed by atoms with Crippen LogP contribution in [0.3, 0.4) is 0 Å². The summed E-state index contributed by atoms with van der Waals surface area (Å²) in [6.07, 6.45) is 0. The number of aromatic nitrogens is 3. The Labute approximate surface area is 118 Å². The van der Waals surface area contributed by atoms with Crippen molar-refractivity contribution in [2.24, 2.45) is 7.05 Å². The molecule has 0 saturated heterocycles. The van der Waals surface area contributed by atoms with Gasteiger partial charge in [0.2, 0.25) is 0 Å². The Bertz CT molecular complexity index is 764. The third-order valence-electron chi connectivity index (χ3n) is 3.83. The van der Waals surface area contributed by atoms with Crippen LogP contribution in [0.25, 0.3) is 22.2 Å². The number of rotatable bonds is 3. The van der Waals surface area contributed by atoms with E-state index in [4.69, 9.17) is 4.98 Å². The number of benzene rings is 1. The summed E-state index contributed by atoms with van der Waals surface area (Å²) in [6.45, 7) is 4.98. The molecule has 2 N–H and O–H groups in total. The molecule has 0 bridgehead atoms. The Morgan fingerprint density at radius 1 is 1.25 bits per heavy atom. The Hall–Kier alpha value is -2.07. The fourth-order valence-corrected chi connectivity index (χ4v) is 2.94. The van der Waals surface area contributed by atoms with Crippen LogP contribution in [-0.4, -0.2) is 21.6 Å². The number of hydrogen-bond donors (Lipinski definition) is 2. The summed E-state index contributed by atoms with van der Waals surface area (Å²) in [5.41, 5.74) is 5.90. The van der Waals surface area contributed by atoms with E-state index < -0.39 is 0 Å². The van der Waals surface area contributed by atoms with Crippen molar-refractivity contribution >= 4 is 10.9 Å². The molecule has 0 aliphatic heterocycles. The lowest BCUT2D eigenvalue weighted by molar-refractivity contribution is 0.712. The normalized spacial score (nSPS) is 11.4. The van der Waals surface area contributed by atoms with Crippen molar-refractivity contribution in [1.29, 1.82) is 0 Å². The number of hydrogen-bond acceptors (Lipinski definition) is 2. The molecule has 104 valence electrons. The summed E-state index contributed by atoms with van der Waals surface area (Å²) in [4.78, 5) is 8.15. The van der Waals surface area contributed by atoms with Crippen LogP contribution in [0, 0.1) is 13.8 Å². The first kappa shape index (κ1) is 12.9. The molecule has 20 heavy (non-hydrogen) atoms. The standard InChI is InChI=1S/C16H20N4/c1-10-15(12-7-5-6-8-13(12)18-10)16-11(2)19-14(9-17-3)20(16)4/h5-8,17-18H,9H2,1-4H3. The molecule has 2 aromatic heterocycles. The molecule has 0 fully saturated rings. The van der Waals surface area contributed by atoms with E-state index in [9.17, 15) is 0 Å². The molecule has 0 radical (unpaired) electrons. The summed E-state index contributed by atoms with van der Waals surface area (Å²) in [6, 6.07) is 8.42. The fourth-order valence-electron chi connectivity index (χ4n) is 2.94. The predicted molar refractivity (Wildman–Crippen MR) is 82.7 cm³/mol. The Morgan fingerprint density at radius 3 is 2.75 bits per heavy atom. The molecular formula is C16H20N4. The third-order valence-corrected chi connectivity index (χ3v) is 3.83. The summed E-state index contributed by atoms with van der Waals surface area (Å²) >= 11 is 0. The molecule has 0 atom stereocenters. The Morgan fingerprint density at radius 2 is 2.00 bits per heavy atom. The maximum absolute atomic E-state index is 4.69. The van der Waals surface area contributed by atoms with Crippen molar-refractivity contribution in [3.8, 4) is 11.3 Å². The third kappa shape index (κ3) is 1.84. The largest absolute Gasteiger partial charge is 0.358 e. The zero-order valence-corrected chi connectivity index (χ0v) is 12.4. The molecule has 2 heterocycles. The average Bonchev–Trinajstić information content (AvgIpc) is 2.88.